The van der Waals surface area contributed by atoms with Crippen LogP contribution in [-0.2, 0) is 10.5 Å². The number of carbonyl (C=O) groups is 2. The zero-order valence-corrected chi connectivity index (χ0v) is 19.4. The normalized spacial score (nSPS) is 10.9. The first-order valence-electron chi connectivity index (χ1n) is 10.6. The molecule has 0 saturated carbocycles. The first-order valence-corrected chi connectivity index (χ1v) is 11.5. The second kappa shape index (κ2) is 9.83. The molecule has 0 aliphatic carbocycles. The SMILES string of the molecule is CCC(=O)Nc1cccc(NC(=O)c2ccccc2CSc2nc3nc(C)cc(C)n3n2)c1. The number of hydrogen-bond donors (Lipinski definition) is 2. The highest BCUT2D eigenvalue weighted by Crippen LogP contribution is 2.24. The van der Waals surface area contributed by atoms with Gasteiger partial charge in [0, 0.05) is 40.5 Å². The van der Waals surface area contributed by atoms with Gasteiger partial charge < -0.3 is 10.6 Å². The summed E-state index contributed by atoms with van der Waals surface area (Å²) in [5.74, 6) is 0.796. The molecule has 4 rings (SSSR count). The van der Waals surface area contributed by atoms with Crippen LogP contribution < -0.4 is 10.6 Å². The summed E-state index contributed by atoms with van der Waals surface area (Å²) in [7, 11) is 0. The molecule has 2 heterocycles. The first kappa shape index (κ1) is 22.5. The molecule has 8 nitrogen and oxygen atoms in total. The molecule has 9 heteroatoms. The maximum atomic E-state index is 13.0. The summed E-state index contributed by atoms with van der Waals surface area (Å²) in [5.41, 5.74) is 4.55. The van der Waals surface area contributed by atoms with E-state index in [2.05, 4.69) is 25.7 Å². The topological polar surface area (TPSA) is 101 Å². The van der Waals surface area contributed by atoms with Gasteiger partial charge in [0.05, 0.1) is 0 Å². The van der Waals surface area contributed by atoms with Crippen LogP contribution in [0.3, 0.4) is 0 Å². The highest BCUT2D eigenvalue weighted by atomic mass is 32.2. The van der Waals surface area contributed by atoms with E-state index in [-0.39, 0.29) is 11.8 Å². The van der Waals surface area contributed by atoms with Crippen molar-refractivity contribution < 1.29 is 9.59 Å². The Morgan fingerprint density at radius 2 is 1.73 bits per heavy atom. The van der Waals surface area contributed by atoms with Gasteiger partial charge in [-0.05, 0) is 49.7 Å². The van der Waals surface area contributed by atoms with E-state index in [9.17, 15) is 9.59 Å². The number of nitrogens with zero attached hydrogens (tertiary/aromatic N) is 4. The summed E-state index contributed by atoms with van der Waals surface area (Å²) >= 11 is 1.45. The molecule has 2 amide bonds. The molecule has 0 unspecified atom stereocenters. The van der Waals surface area contributed by atoms with Gasteiger partial charge in [-0.25, -0.2) is 9.50 Å². The van der Waals surface area contributed by atoms with Crippen LogP contribution in [0.1, 0.15) is 40.7 Å². The highest BCUT2D eigenvalue weighted by Gasteiger charge is 2.14. The molecule has 0 saturated heterocycles. The third-order valence-electron chi connectivity index (χ3n) is 4.94. The Morgan fingerprint density at radius 1 is 0.970 bits per heavy atom. The standard InChI is InChI=1S/C24H24N6O2S/c1-4-21(31)26-18-9-7-10-19(13-18)27-22(32)20-11-6-5-8-17(20)14-33-24-28-23-25-15(2)12-16(3)30(23)29-24/h5-13H,4,14H2,1-3H3,(H,26,31)(H,27,32). The number of thioether (sulfide) groups is 1. The van der Waals surface area contributed by atoms with E-state index < -0.39 is 0 Å². The molecule has 4 aromatic rings. The van der Waals surface area contributed by atoms with E-state index in [1.807, 2.05) is 38.1 Å². The fraction of sp³-hybridized carbons (Fsp3) is 0.208. The van der Waals surface area contributed by atoms with Crippen LogP contribution in [0.4, 0.5) is 11.4 Å². The van der Waals surface area contributed by atoms with Crippen LogP contribution in [-0.4, -0.2) is 31.4 Å². The van der Waals surface area contributed by atoms with Gasteiger partial charge in [-0.2, -0.15) is 4.98 Å². The molecule has 0 bridgehead atoms. The van der Waals surface area contributed by atoms with E-state index >= 15 is 0 Å². The maximum absolute atomic E-state index is 13.0. The van der Waals surface area contributed by atoms with Crippen LogP contribution >= 0.6 is 11.8 Å². The third kappa shape index (κ3) is 5.38. The lowest BCUT2D eigenvalue weighted by Crippen LogP contribution is -2.14. The van der Waals surface area contributed by atoms with Crippen molar-refractivity contribution in [2.45, 2.75) is 38.1 Å². The average molecular weight is 461 g/mol. The molecule has 0 aliphatic rings. The highest BCUT2D eigenvalue weighted by molar-refractivity contribution is 7.98. The summed E-state index contributed by atoms with van der Waals surface area (Å²) in [6.45, 7) is 5.68. The van der Waals surface area contributed by atoms with Crippen LogP contribution in [0, 0.1) is 13.8 Å². The summed E-state index contributed by atoms with van der Waals surface area (Å²) in [4.78, 5) is 33.6. The molecular formula is C24H24N6O2S. The zero-order valence-electron chi connectivity index (χ0n) is 18.6. The minimum Gasteiger partial charge on any atom is -0.326 e. The molecular weight excluding hydrogens is 436 g/mol. The van der Waals surface area contributed by atoms with E-state index in [4.69, 9.17) is 0 Å². The first-order chi connectivity index (χ1) is 15.9. The Kier molecular flexibility index (Phi) is 6.69. The number of aromatic nitrogens is 4. The minimum atomic E-state index is -0.221. The molecule has 2 aromatic heterocycles. The Balaban J connectivity index is 1.48. The summed E-state index contributed by atoms with van der Waals surface area (Å²) < 4.78 is 1.72. The molecule has 2 aromatic carbocycles. The van der Waals surface area contributed by atoms with Crippen molar-refractivity contribution in [3.05, 3.63) is 77.1 Å². The second-order valence-electron chi connectivity index (χ2n) is 7.53. The summed E-state index contributed by atoms with van der Waals surface area (Å²) in [5, 5.41) is 10.8. The third-order valence-corrected chi connectivity index (χ3v) is 5.83. The molecule has 0 radical (unpaired) electrons. The van der Waals surface area contributed by atoms with E-state index in [1.165, 1.54) is 11.8 Å². The smallest absolute Gasteiger partial charge is 0.255 e. The number of fused-ring (bicyclic) bond motifs is 1. The predicted octanol–water partition coefficient (Wildman–Crippen LogP) is 4.63. The van der Waals surface area contributed by atoms with Gasteiger partial charge >= 0.3 is 0 Å². The van der Waals surface area contributed by atoms with Crippen molar-refractivity contribution in [2.75, 3.05) is 10.6 Å². The Morgan fingerprint density at radius 3 is 2.52 bits per heavy atom. The van der Waals surface area contributed by atoms with Crippen molar-refractivity contribution >= 4 is 40.7 Å². The number of aryl methyl sites for hydroxylation is 2. The van der Waals surface area contributed by atoms with Gasteiger partial charge in [-0.15, -0.1) is 5.10 Å². The molecule has 33 heavy (non-hydrogen) atoms. The molecule has 168 valence electrons. The van der Waals surface area contributed by atoms with Gasteiger partial charge in [0.2, 0.25) is 11.1 Å². The Hall–Kier alpha value is -3.72. The molecule has 0 fully saturated rings. The largest absolute Gasteiger partial charge is 0.326 e. The number of amides is 2. The zero-order chi connectivity index (χ0) is 23.4. The quantitative estimate of drug-likeness (QED) is 0.390. The number of carbonyl (C=O) groups excluding carboxylic acids is 2. The van der Waals surface area contributed by atoms with Crippen molar-refractivity contribution in [3.63, 3.8) is 0 Å². The number of rotatable bonds is 7. The van der Waals surface area contributed by atoms with E-state index in [0.717, 1.165) is 17.0 Å². The van der Waals surface area contributed by atoms with Crippen molar-refractivity contribution in [1.29, 1.82) is 0 Å². The lowest BCUT2D eigenvalue weighted by molar-refractivity contribution is -0.115. The minimum absolute atomic E-state index is 0.0815. The lowest BCUT2D eigenvalue weighted by Gasteiger charge is -2.11. The van der Waals surface area contributed by atoms with E-state index in [0.29, 0.717) is 40.0 Å². The van der Waals surface area contributed by atoms with Gasteiger partial charge in [0.15, 0.2) is 0 Å². The number of benzene rings is 2. The van der Waals surface area contributed by atoms with Crippen LogP contribution in [0.2, 0.25) is 0 Å². The average Bonchev–Trinajstić information content (AvgIpc) is 3.21. The van der Waals surface area contributed by atoms with Crippen molar-refractivity contribution in [1.82, 2.24) is 19.6 Å². The van der Waals surface area contributed by atoms with Crippen LogP contribution in [0.25, 0.3) is 5.78 Å². The molecule has 2 N–H and O–H groups in total. The van der Waals surface area contributed by atoms with Crippen molar-refractivity contribution in [2.24, 2.45) is 0 Å². The van der Waals surface area contributed by atoms with Gasteiger partial charge in [-0.3, -0.25) is 9.59 Å². The number of anilines is 2. The number of nitrogens with one attached hydrogen (secondary N) is 2. The summed E-state index contributed by atoms with van der Waals surface area (Å²) in [6.07, 6.45) is 0.387. The summed E-state index contributed by atoms with van der Waals surface area (Å²) in [6, 6.07) is 16.5. The maximum Gasteiger partial charge on any atom is 0.255 e. The Labute approximate surface area is 195 Å². The Bertz CT molecular complexity index is 1330. The fourth-order valence-corrected chi connectivity index (χ4v) is 4.16. The fourth-order valence-electron chi connectivity index (χ4n) is 3.34. The van der Waals surface area contributed by atoms with Crippen molar-refractivity contribution in [3.8, 4) is 0 Å². The predicted molar refractivity (Wildman–Crippen MR) is 130 cm³/mol. The van der Waals surface area contributed by atoms with Crippen LogP contribution in [0.15, 0.2) is 59.8 Å². The second-order valence-corrected chi connectivity index (χ2v) is 8.47. The number of hydrogen-bond acceptors (Lipinski definition) is 6. The lowest BCUT2D eigenvalue weighted by atomic mass is 10.1. The molecule has 0 atom stereocenters. The van der Waals surface area contributed by atoms with Gasteiger partial charge in [0.1, 0.15) is 0 Å². The molecule has 0 spiro atoms. The van der Waals surface area contributed by atoms with Gasteiger partial charge in [0.25, 0.3) is 11.7 Å². The van der Waals surface area contributed by atoms with Crippen LogP contribution in [0.5, 0.6) is 0 Å². The monoisotopic (exact) mass is 460 g/mol. The van der Waals surface area contributed by atoms with E-state index in [1.54, 1.807) is 41.8 Å². The van der Waals surface area contributed by atoms with Gasteiger partial charge in [-0.1, -0.05) is 43.0 Å². The molecule has 0 aliphatic heterocycles.